The standard InChI is InChI=1S/C26H21ClN4O2S2/c1-16-23(25(33)31-19-5-3-2-4-6-19)24(17-11-12-34-14-17)21(13-28)26(29-16)35-15-22(32)30-20-9-7-18(27)8-10-20/h2-12,14,24,29H,15H2,1H3,(H,30,32)(H,31,33). The molecule has 4 rings (SSSR count). The van der Waals surface area contributed by atoms with Gasteiger partial charge in [-0.3, -0.25) is 9.59 Å². The van der Waals surface area contributed by atoms with Gasteiger partial charge in [-0.15, -0.1) is 0 Å². The summed E-state index contributed by atoms with van der Waals surface area (Å²) in [6.07, 6.45) is 0. The van der Waals surface area contributed by atoms with Crippen molar-refractivity contribution < 1.29 is 9.59 Å². The Bertz CT molecular complexity index is 1330. The molecule has 0 saturated heterocycles. The van der Waals surface area contributed by atoms with Crippen LogP contribution in [-0.4, -0.2) is 17.6 Å². The number of amides is 2. The number of nitriles is 1. The van der Waals surface area contributed by atoms with Crippen LogP contribution in [0, 0.1) is 11.3 Å². The molecule has 1 unspecified atom stereocenters. The highest BCUT2D eigenvalue weighted by Gasteiger charge is 2.35. The zero-order chi connectivity index (χ0) is 24.8. The zero-order valence-corrected chi connectivity index (χ0v) is 21.1. The smallest absolute Gasteiger partial charge is 0.254 e. The first-order valence-corrected chi connectivity index (χ1v) is 13.0. The number of dihydropyridines is 1. The highest BCUT2D eigenvalue weighted by atomic mass is 35.5. The number of nitrogens with one attached hydrogen (secondary N) is 3. The van der Waals surface area contributed by atoms with Crippen molar-refractivity contribution in [2.45, 2.75) is 12.8 Å². The average Bonchev–Trinajstić information content (AvgIpc) is 3.39. The number of carbonyl (C=O) groups is 2. The summed E-state index contributed by atoms with van der Waals surface area (Å²) in [5.74, 6) is -0.955. The topological polar surface area (TPSA) is 94.0 Å². The van der Waals surface area contributed by atoms with Gasteiger partial charge in [-0.1, -0.05) is 41.6 Å². The van der Waals surface area contributed by atoms with Crippen LogP contribution in [0.25, 0.3) is 0 Å². The van der Waals surface area contributed by atoms with Crippen molar-refractivity contribution in [1.29, 1.82) is 5.26 Å². The first kappa shape index (κ1) is 24.6. The lowest BCUT2D eigenvalue weighted by Crippen LogP contribution is -2.31. The van der Waals surface area contributed by atoms with E-state index in [0.29, 0.717) is 38.3 Å². The van der Waals surface area contributed by atoms with Crippen LogP contribution in [0.4, 0.5) is 11.4 Å². The molecule has 1 aromatic heterocycles. The molecule has 6 nitrogen and oxygen atoms in total. The summed E-state index contributed by atoms with van der Waals surface area (Å²) >= 11 is 8.63. The van der Waals surface area contributed by atoms with Crippen molar-refractivity contribution in [3.8, 4) is 6.07 Å². The fourth-order valence-electron chi connectivity index (χ4n) is 3.69. The number of thioether (sulfide) groups is 1. The van der Waals surface area contributed by atoms with E-state index in [4.69, 9.17) is 11.6 Å². The van der Waals surface area contributed by atoms with Gasteiger partial charge in [0.05, 0.1) is 28.3 Å². The third-order valence-electron chi connectivity index (χ3n) is 5.28. The molecule has 2 amide bonds. The van der Waals surface area contributed by atoms with Crippen LogP contribution >= 0.6 is 34.7 Å². The Labute approximate surface area is 216 Å². The van der Waals surface area contributed by atoms with Gasteiger partial charge >= 0.3 is 0 Å². The van der Waals surface area contributed by atoms with Crippen LogP contribution in [0.2, 0.25) is 5.02 Å². The van der Waals surface area contributed by atoms with Crippen LogP contribution in [0.15, 0.2) is 93.3 Å². The third kappa shape index (κ3) is 5.95. The summed E-state index contributed by atoms with van der Waals surface area (Å²) in [4.78, 5) is 25.9. The monoisotopic (exact) mass is 520 g/mol. The van der Waals surface area contributed by atoms with E-state index in [2.05, 4.69) is 22.0 Å². The number of allylic oxidation sites excluding steroid dienone is 2. The number of hydrogen-bond acceptors (Lipinski definition) is 6. The van der Waals surface area contributed by atoms with Gasteiger partial charge in [0.2, 0.25) is 5.91 Å². The average molecular weight is 521 g/mol. The fraction of sp³-hybridized carbons (Fsp3) is 0.115. The number of nitrogens with zero attached hydrogens (tertiary/aromatic N) is 1. The lowest BCUT2D eigenvalue weighted by molar-refractivity contribution is -0.114. The van der Waals surface area contributed by atoms with E-state index >= 15 is 0 Å². The molecule has 0 bridgehead atoms. The van der Waals surface area contributed by atoms with Gasteiger partial charge < -0.3 is 16.0 Å². The molecule has 176 valence electrons. The largest absolute Gasteiger partial charge is 0.353 e. The van der Waals surface area contributed by atoms with Crippen LogP contribution < -0.4 is 16.0 Å². The molecular weight excluding hydrogens is 500 g/mol. The lowest BCUT2D eigenvalue weighted by Gasteiger charge is -2.29. The Hall–Kier alpha value is -3.51. The lowest BCUT2D eigenvalue weighted by atomic mass is 9.83. The number of hydrogen-bond donors (Lipinski definition) is 3. The number of thiophene rings is 1. The van der Waals surface area contributed by atoms with Crippen molar-refractivity contribution in [1.82, 2.24) is 5.32 Å². The number of para-hydroxylation sites is 1. The molecule has 1 aliphatic rings. The molecule has 0 spiro atoms. The van der Waals surface area contributed by atoms with Crippen LogP contribution in [0.1, 0.15) is 18.4 Å². The van der Waals surface area contributed by atoms with Gasteiger partial charge in [0.25, 0.3) is 5.91 Å². The maximum Gasteiger partial charge on any atom is 0.254 e. The summed E-state index contributed by atoms with van der Waals surface area (Å²) in [5, 5.41) is 24.1. The molecule has 2 heterocycles. The Kier molecular flexibility index (Phi) is 7.93. The van der Waals surface area contributed by atoms with Crippen LogP contribution in [0.5, 0.6) is 0 Å². The highest BCUT2D eigenvalue weighted by Crippen LogP contribution is 2.41. The molecule has 3 aromatic rings. The van der Waals surface area contributed by atoms with E-state index in [1.807, 2.05) is 54.1 Å². The number of carbonyl (C=O) groups excluding carboxylic acids is 2. The predicted octanol–water partition coefficient (Wildman–Crippen LogP) is 6.11. The van der Waals surface area contributed by atoms with Gasteiger partial charge in [0, 0.05) is 27.7 Å². The number of anilines is 2. The van der Waals surface area contributed by atoms with E-state index in [9.17, 15) is 14.9 Å². The van der Waals surface area contributed by atoms with Gasteiger partial charge in [-0.25, -0.2) is 0 Å². The van der Waals surface area contributed by atoms with E-state index in [1.54, 1.807) is 24.3 Å². The predicted molar refractivity (Wildman–Crippen MR) is 143 cm³/mol. The van der Waals surface area contributed by atoms with Crippen molar-refractivity contribution in [3.05, 3.63) is 104 Å². The fourth-order valence-corrected chi connectivity index (χ4v) is 5.39. The Morgan fingerprint density at radius 1 is 1.09 bits per heavy atom. The molecule has 9 heteroatoms. The third-order valence-corrected chi connectivity index (χ3v) is 7.25. The second-order valence-electron chi connectivity index (χ2n) is 7.67. The number of rotatable bonds is 7. The maximum atomic E-state index is 13.3. The normalized spacial score (nSPS) is 15.3. The van der Waals surface area contributed by atoms with Gasteiger partial charge in [-0.05, 0) is 65.7 Å². The summed E-state index contributed by atoms with van der Waals surface area (Å²) in [7, 11) is 0. The first-order chi connectivity index (χ1) is 17.0. The summed E-state index contributed by atoms with van der Waals surface area (Å²) in [6, 6.07) is 20.2. The molecule has 0 fully saturated rings. The number of halogens is 1. The molecule has 0 saturated carbocycles. The van der Waals surface area contributed by atoms with Gasteiger partial charge in [0.1, 0.15) is 0 Å². The second-order valence-corrected chi connectivity index (χ2v) is 9.87. The van der Waals surface area contributed by atoms with Crippen molar-refractivity contribution >= 4 is 57.9 Å². The van der Waals surface area contributed by atoms with Gasteiger partial charge in [0.15, 0.2) is 0 Å². The minimum Gasteiger partial charge on any atom is -0.353 e. The summed E-state index contributed by atoms with van der Waals surface area (Å²) in [5.41, 5.74) is 3.67. The summed E-state index contributed by atoms with van der Waals surface area (Å²) < 4.78 is 0. The Morgan fingerprint density at radius 2 is 1.80 bits per heavy atom. The van der Waals surface area contributed by atoms with Crippen LogP contribution in [-0.2, 0) is 9.59 Å². The molecule has 3 N–H and O–H groups in total. The highest BCUT2D eigenvalue weighted by molar-refractivity contribution is 8.03. The van der Waals surface area contributed by atoms with Crippen molar-refractivity contribution in [2.24, 2.45) is 0 Å². The minimum atomic E-state index is -0.543. The van der Waals surface area contributed by atoms with E-state index in [0.717, 1.165) is 5.56 Å². The Balaban J connectivity index is 1.57. The minimum absolute atomic E-state index is 0.0886. The number of benzene rings is 2. The Morgan fingerprint density at radius 3 is 2.46 bits per heavy atom. The molecule has 35 heavy (non-hydrogen) atoms. The van der Waals surface area contributed by atoms with Crippen molar-refractivity contribution in [3.63, 3.8) is 0 Å². The molecule has 1 atom stereocenters. The quantitative estimate of drug-likeness (QED) is 0.349. The van der Waals surface area contributed by atoms with E-state index in [-0.39, 0.29) is 17.6 Å². The molecule has 1 aliphatic heterocycles. The van der Waals surface area contributed by atoms with Gasteiger partial charge in [-0.2, -0.15) is 16.6 Å². The first-order valence-electron chi connectivity index (χ1n) is 10.6. The van der Waals surface area contributed by atoms with Crippen molar-refractivity contribution in [2.75, 3.05) is 16.4 Å². The van der Waals surface area contributed by atoms with E-state index < -0.39 is 5.92 Å². The molecule has 0 radical (unpaired) electrons. The van der Waals surface area contributed by atoms with Crippen LogP contribution in [0.3, 0.4) is 0 Å². The molecule has 2 aromatic carbocycles. The summed E-state index contributed by atoms with van der Waals surface area (Å²) in [6.45, 7) is 1.81. The molecular formula is C26H21ClN4O2S2. The SMILES string of the molecule is CC1=C(C(=O)Nc2ccccc2)C(c2ccsc2)C(C#N)=C(SCC(=O)Nc2ccc(Cl)cc2)N1. The van der Waals surface area contributed by atoms with E-state index in [1.165, 1.54) is 23.1 Å². The zero-order valence-electron chi connectivity index (χ0n) is 18.7. The maximum absolute atomic E-state index is 13.3. The molecule has 0 aliphatic carbocycles. The second kappa shape index (κ2) is 11.3.